The van der Waals surface area contributed by atoms with Gasteiger partial charge in [-0.25, -0.2) is 23.1 Å². The maximum absolute atomic E-state index is 12.7. The normalized spacial score (nSPS) is 11.1. The molecule has 0 unspecified atom stereocenters. The van der Waals surface area contributed by atoms with Crippen molar-refractivity contribution in [1.82, 2.24) is 14.7 Å². The largest absolute Gasteiger partial charge is 0.399 e. The summed E-state index contributed by atoms with van der Waals surface area (Å²) in [4.78, 5) is 32.0. The Morgan fingerprint density at radius 3 is 2.23 bits per heavy atom. The second kappa shape index (κ2) is 8.29. The summed E-state index contributed by atoms with van der Waals surface area (Å²) in [5.41, 5.74) is 13.9. The Kier molecular flexibility index (Phi) is 5.79. The maximum atomic E-state index is 12.7. The summed E-state index contributed by atoms with van der Waals surface area (Å²) in [5, 5.41) is 0. The first-order chi connectivity index (χ1) is 14.2. The van der Waals surface area contributed by atoms with E-state index in [0.717, 1.165) is 12.5 Å². The summed E-state index contributed by atoms with van der Waals surface area (Å²) < 4.78 is 25.9. The Bertz CT molecular complexity index is 1210. The third kappa shape index (κ3) is 4.78. The molecular formula is C20H19N5O4S. The van der Waals surface area contributed by atoms with Crippen LogP contribution in [0.1, 0.15) is 23.0 Å². The number of carbonyl (C=O) groups excluding carboxylic acids is 2. The van der Waals surface area contributed by atoms with Gasteiger partial charge < -0.3 is 11.5 Å². The molecule has 0 aliphatic carbocycles. The van der Waals surface area contributed by atoms with Crippen LogP contribution >= 0.6 is 0 Å². The summed E-state index contributed by atoms with van der Waals surface area (Å²) in [6, 6.07) is 12.6. The van der Waals surface area contributed by atoms with Crippen LogP contribution in [0.15, 0.2) is 59.6 Å². The number of rotatable bonds is 6. The number of hydrogen-bond donors (Lipinski definition) is 3. The summed E-state index contributed by atoms with van der Waals surface area (Å²) in [5.74, 6) is -1.05. The summed E-state index contributed by atoms with van der Waals surface area (Å²) in [6.45, 7) is 1.11. The minimum Gasteiger partial charge on any atom is -0.399 e. The molecule has 0 spiro atoms. The molecule has 0 fully saturated rings. The van der Waals surface area contributed by atoms with Gasteiger partial charge in [0.2, 0.25) is 5.91 Å². The van der Waals surface area contributed by atoms with Gasteiger partial charge in [0.25, 0.3) is 10.0 Å². The highest BCUT2D eigenvalue weighted by atomic mass is 32.2. The van der Waals surface area contributed by atoms with E-state index in [0.29, 0.717) is 16.9 Å². The number of nitrogens with two attached hydrogens (primary N) is 2. The van der Waals surface area contributed by atoms with Crippen LogP contribution in [-0.4, -0.2) is 30.1 Å². The lowest BCUT2D eigenvalue weighted by Crippen LogP contribution is -2.28. The van der Waals surface area contributed by atoms with Gasteiger partial charge in [-0.3, -0.25) is 9.59 Å². The van der Waals surface area contributed by atoms with Crippen molar-refractivity contribution in [2.75, 3.05) is 11.5 Å². The van der Waals surface area contributed by atoms with E-state index in [1.807, 2.05) is 4.72 Å². The van der Waals surface area contributed by atoms with Gasteiger partial charge in [-0.1, -0.05) is 24.3 Å². The number of aromatic nitrogens is 2. The molecule has 5 N–H and O–H groups in total. The number of Topliss-reactive ketones (excluding diaryl/α,β-unsaturated/α-hetero) is 1. The molecule has 0 aliphatic rings. The van der Waals surface area contributed by atoms with Gasteiger partial charge in [0, 0.05) is 24.6 Å². The zero-order valence-corrected chi connectivity index (χ0v) is 16.8. The maximum Gasteiger partial charge on any atom is 0.264 e. The molecule has 0 radical (unpaired) electrons. The summed E-state index contributed by atoms with van der Waals surface area (Å²) in [6.07, 6.45) is 1.42. The Hall–Kier alpha value is -3.79. The number of anilines is 2. The lowest BCUT2D eigenvalue weighted by atomic mass is 10.1. The molecule has 2 aromatic carbocycles. The molecule has 3 rings (SSSR count). The van der Waals surface area contributed by atoms with Gasteiger partial charge in [0.1, 0.15) is 5.69 Å². The van der Waals surface area contributed by atoms with Crippen molar-refractivity contribution in [3.63, 3.8) is 0 Å². The molecule has 10 heteroatoms. The van der Waals surface area contributed by atoms with Gasteiger partial charge in [0.15, 0.2) is 11.6 Å². The van der Waals surface area contributed by atoms with E-state index < -0.39 is 15.9 Å². The molecule has 1 amide bonds. The minimum atomic E-state index is -3.94. The van der Waals surface area contributed by atoms with Crippen LogP contribution in [-0.2, 0) is 21.2 Å². The van der Waals surface area contributed by atoms with Gasteiger partial charge >= 0.3 is 0 Å². The number of nitrogens with one attached hydrogen (secondary N) is 1. The lowest BCUT2D eigenvalue weighted by Gasteiger charge is -2.08. The molecule has 1 aromatic heterocycles. The predicted octanol–water partition coefficient (Wildman–Crippen LogP) is 1.56. The highest BCUT2D eigenvalue weighted by Gasteiger charge is 2.18. The van der Waals surface area contributed by atoms with Crippen LogP contribution in [0.3, 0.4) is 0 Å². The molecule has 0 saturated carbocycles. The number of nitrogens with zero attached hydrogens (tertiary/aromatic N) is 2. The van der Waals surface area contributed by atoms with Crippen molar-refractivity contribution in [1.29, 1.82) is 0 Å². The van der Waals surface area contributed by atoms with Crippen LogP contribution in [0.5, 0.6) is 0 Å². The first-order valence-corrected chi connectivity index (χ1v) is 10.3. The minimum absolute atomic E-state index is 0.00375. The molecule has 9 nitrogen and oxygen atoms in total. The number of sulfonamides is 1. The smallest absolute Gasteiger partial charge is 0.264 e. The van der Waals surface area contributed by atoms with Crippen LogP contribution in [0, 0.1) is 0 Å². The summed E-state index contributed by atoms with van der Waals surface area (Å²) >= 11 is 0. The Labute approximate surface area is 173 Å². The molecule has 0 atom stereocenters. The van der Waals surface area contributed by atoms with Crippen LogP contribution < -0.4 is 16.2 Å². The van der Waals surface area contributed by atoms with Crippen molar-refractivity contribution >= 4 is 33.2 Å². The van der Waals surface area contributed by atoms with E-state index in [2.05, 4.69) is 9.97 Å². The van der Waals surface area contributed by atoms with E-state index in [-0.39, 0.29) is 28.6 Å². The number of nitrogen functional groups attached to an aromatic ring is 2. The number of amides is 1. The van der Waals surface area contributed by atoms with Gasteiger partial charge in [0.05, 0.1) is 16.8 Å². The lowest BCUT2D eigenvalue weighted by molar-refractivity contribution is -0.117. The fourth-order valence-electron chi connectivity index (χ4n) is 2.70. The first-order valence-electron chi connectivity index (χ1n) is 8.79. The molecule has 0 saturated heterocycles. The van der Waals surface area contributed by atoms with Crippen molar-refractivity contribution < 1.29 is 18.0 Å². The van der Waals surface area contributed by atoms with Crippen LogP contribution in [0.4, 0.5) is 11.5 Å². The molecule has 0 aliphatic heterocycles. The van der Waals surface area contributed by atoms with Gasteiger partial charge in [-0.15, -0.1) is 0 Å². The fraction of sp³-hybridized carbons (Fsp3) is 0.100. The highest BCUT2D eigenvalue weighted by Crippen LogP contribution is 2.21. The standard InChI is InChI=1S/C20H19N5O4S/c1-12(26)25-30(28,29)16-8-2-13(3-9-16)10-18(27)19-20(22)23-11-17(24-19)14-4-6-15(21)7-5-14/h2-9,11H,10,21H2,1H3,(H2,22,23)(H,25,26). The molecular weight excluding hydrogens is 406 g/mol. The van der Waals surface area contributed by atoms with Gasteiger partial charge in [-0.2, -0.15) is 0 Å². The molecule has 154 valence electrons. The second-order valence-corrected chi connectivity index (χ2v) is 8.20. The third-order valence-electron chi connectivity index (χ3n) is 4.15. The van der Waals surface area contributed by atoms with Crippen LogP contribution in [0.2, 0.25) is 0 Å². The quantitative estimate of drug-likeness (QED) is 0.396. The summed E-state index contributed by atoms with van der Waals surface area (Å²) in [7, 11) is -3.94. The van der Waals surface area contributed by atoms with Crippen molar-refractivity contribution in [2.24, 2.45) is 0 Å². The topological polar surface area (TPSA) is 158 Å². The fourth-order valence-corrected chi connectivity index (χ4v) is 3.69. The number of carbonyl (C=O) groups is 2. The van der Waals surface area contributed by atoms with E-state index in [4.69, 9.17) is 11.5 Å². The Morgan fingerprint density at radius 1 is 1.00 bits per heavy atom. The van der Waals surface area contributed by atoms with Crippen molar-refractivity contribution in [3.8, 4) is 11.3 Å². The van der Waals surface area contributed by atoms with Gasteiger partial charge in [-0.05, 0) is 29.8 Å². The average molecular weight is 425 g/mol. The second-order valence-electron chi connectivity index (χ2n) is 6.52. The number of ketones is 1. The monoisotopic (exact) mass is 425 g/mol. The molecule has 1 heterocycles. The van der Waals surface area contributed by atoms with E-state index in [1.165, 1.54) is 30.5 Å². The number of benzene rings is 2. The number of hydrogen-bond acceptors (Lipinski definition) is 8. The highest BCUT2D eigenvalue weighted by molar-refractivity contribution is 7.90. The first kappa shape index (κ1) is 20.9. The Morgan fingerprint density at radius 2 is 1.63 bits per heavy atom. The SMILES string of the molecule is CC(=O)NS(=O)(=O)c1ccc(CC(=O)c2nc(-c3ccc(N)cc3)cnc2N)cc1. The van der Waals surface area contributed by atoms with Crippen molar-refractivity contribution in [2.45, 2.75) is 18.2 Å². The van der Waals surface area contributed by atoms with Crippen molar-refractivity contribution in [3.05, 3.63) is 66.0 Å². The predicted molar refractivity (Wildman–Crippen MR) is 112 cm³/mol. The molecule has 3 aromatic rings. The zero-order chi connectivity index (χ0) is 21.9. The van der Waals surface area contributed by atoms with E-state index in [9.17, 15) is 18.0 Å². The third-order valence-corrected chi connectivity index (χ3v) is 5.60. The Balaban J connectivity index is 1.81. The average Bonchev–Trinajstić information content (AvgIpc) is 2.68. The zero-order valence-electron chi connectivity index (χ0n) is 16.0. The van der Waals surface area contributed by atoms with Crippen LogP contribution in [0.25, 0.3) is 11.3 Å². The molecule has 0 bridgehead atoms. The van der Waals surface area contributed by atoms with E-state index in [1.54, 1.807) is 24.3 Å². The van der Waals surface area contributed by atoms with E-state index >= 15 is 0 Å². The molecule has 30 heavy (non-hydrogen) atoms.